The molecule has 2 bridgehead atoms. The Balaban J connectivity index is 1.31. The minimum absolute atomic E-state index is 0.0195. The zero-order valence-electron chi connectivity index (χ0n) is 55.3. The molecule has 3 fully saturated rings. The smallest absolute Gasteiger partial charge is 0.340 e. The maximum Gasteiger partial charge on any atom is 0.340 e. The summed E-state index contributed by atoms with van der Waals surface area (Å²) in [5, 5.41) is 29.2. The number of nitrogens with zero attached hydrogens (tertiary/aromatic N) is 1. The van der Waals surface area contributed by atoms with E-state index in [1.165, 1.54) is 25.9 Å². The van der Waals surface area contributed by atoms with E-state index in [4.69, 9.17) is 33.2 Å². The van der Waals surface area contributed by atoms with Gasteiger partial charge in [0.15, 0.2) is 5.78 Å². The van der Waals surface area contributed by atoms with Crippen LogP contribution >= 0.6 is 67.8 Å². The Morgan fingerprint density at radius 2 is 1.46 bits per heavy atom. The molecule has 3 heterocycles. The number of nitrogens with one attached hydrogen (secondary N) is 2. The first-order valence-corrected chi connectivity index (χ1v) is 35.3. The van der Waals surface area contributed by atoms with Crippen molar-refractivity contribution in [3.05, 3.63) is 63.9 Å². The lowest BCUT2D eigenvalue weighted by Crippen LogP contribution is -2.61. The number of anilines is 2. The lowest BCUT2D eigenvalue weighted by Gasteiger charge is -2.42. The molecule has 15 atom stereocenters. The van der Waals surface area contributed by atoms with Crippen molar-refractivity contribution in [3.8, 4) is 0 Å². The summed E-state index contributed by atoms with van der Waals surface area (Å²) in [4.78, 5) is 124. The molecule has 4 aliphatic rings. The first kappa shape index (κ1) is 78.7. The second-order valence-electron chi connectivity index (χ2n) is 25.4. The summed E-state index contributed by atoms with van der Waals surface area (Å²) < 4.78 is 43.1. The molecule has 5 rings (SSSR count). The summed E-state index contributed by atoms with van der Waals surface area (Å²) in [6.07, 6.45) is 11.5. The Kier molecular flexibility index (Phi) is 32.0. The third-order valence-electron chi connectivity index (χ3n) is 18.1. The van der Waals surface area contributed by atoms with Gasteiger partial charge >= 0.3 is 17.9 Å². The second kappa shape index (κ2) is 37.5. The van der Waals surface area contributed by atoms with Gasteiger partial charge in [-0.2, -0.15) is 0 Å². The van der Waals surface area contributed by atoms with E-state index in [2.05, 4.69) is 10.6 Å². The van der Waals surface area contributed by atoms with Crippen LogP contribution < -0.4 is 10.6 Å². The molecule has 92 heavy (non-hydrogen) atoms. The Bertz CT molecular complexity index is 2890. The summed E-state index contributed by atoms with van der Waals surface area (Å²) in [5.41, 5.74) is 2.18. The standard InChI is InChI=1S/C68H96I3N3O18/c1-37-21-15-13-16-22-38(2)51(86-10)35-47-27-25-43(7)68(85,92-47)64(81)65(82)74-29-19-18-23-48(74)66(83)91-52(36-49(77)39(3)32-42(6)62(80)63(88-12)61(79)41(5)31-37)40(4)33-46-26-28-50(53(34-46)87-11)90-54(78)24-17-14-20-30-89-67(84)55-56(69)59(72-44(8)75)58(71)60(57(55)70)73-45(9)76/h13,15-16,21-22,32,37,39-41,43,46-48,50-53,62-63,80,85H,14,17-20,23-31,33-36H2,1-12H3,(H,72,75)(H,73,76)/b16-13+,21-15+,38-22+,42-32+/t37-,39-,40-,41-,43-,46+,47+,48+,50-,51+,52+,53-,62-,63+,68-/m1/s1. The largest absolute Gasteiger partial charge is 0.462 e. The van der Waals surface area contributed by atoms with Crippen LogP contribution in [0.3, 0.4) is 0 Å². The molecule has 24 heteroatoms. The van der Waals surface area contributed by atoms with Crippen molar-refractivity contribution in [3.63, 3.8) is 0 Å². The normalized spacial score (nSPS) is 31.7. The molecule has 0 unspecified atom stereocenters. The summed E-state index contributed by atoms with van der Waals surface area (Å²) in [6, 6.07) is -1.22. The Morgan fingerprint density at radius 3 is 2.09 bits per heavy atom. The van der Waals surface area contributed by atoms with E-state index in [1.807, 2.05) is 119 Å². The highest BCUT2D eigenvalue weighted by Crippen LogP contribution is 2.41. The molecule has 1 aromatic carbocycles. The molecule has 1 saturated carbocycles. The van der Waals surface area contributed by atoms with Crippen LogP contribution in [0.4, 0.5) is 11.4 Å². The number of cyclic esters (lactones) is 1. The Hall–Kier alpha value is -4.04. The zero-order valence-corrected chi connectivity index (χ0v) is 61.8. The number of Topliss-reactive ketones (excluding diaryl/α,β-unsaturated/α-hetero) is 3. The third kappa shape index (κ3) is 21.7. The van der Waals surface area contributed by atoms with Gasteiger partial charge in [-0.15, -0.1) is 0 Å². The molecule has 1 aromatic rings. The van der Waals surface area contributed by atoms with Crippen LogP contribution in [-0.4, -0.2) is 157 Å². The number of methoxy groups -OCH3 is 3. The molecule has 0 spiro atoms. The minimum Gasteiger partial charge on any atom is -0.462 e. The van der Waals surface area contributed by atoms with E-state index in [1.54, 1.807) is 48.0 Å². The lowest BCUT2D eigenvalue weighted by atomic mass is 9.78. The lowest BCUT2D eigenvalue weighted by molar-refractivity contribution is -0.265. The number of unbranched alkanes of at least 4 members (excludes halogenated alkanes) is 2. The van der Waals surface area contributed by atoms with Crippen molar-refractivity contribution in [1.82, 2.24) is 4.90 Å². The van der Waals surface area contributed by atoms with Crippen molar-refractivity contribution in [2.24, 2.45) is 35.5 Å². The number of benzene rings is 1. The van der Waals surface area contributed by atoms with Crippen LogP contribution in [-0.2, 0) is 71.5 Å². The summed E-state index contributed by atoms with van der Waals surface area (Å²) >= 11 is 5.96. The van der Waals surface area contributed by atoms with Crippen LogP contribution in [0.1, 0.15) is 175 Å². The average molecular weight is 1620 g/mol. The van der Waals surface area contributed by atoms with Gasteiger partial charge in [-0.3, -0.25) is 33.6 Å². The average Bonchev–Trinajstić information content (AvgIpc) is 0.888. The number of aliphatic hydroxyl groups is 2. The maximum atomic E-state index is 14.7. The number of fused-ring (bicyclic) bond motifs is 3. The fourth-order valence-corrected chi connectivity index (χ4v) is 16.8. The number of hydrogen-bond acceptors (Lipinski definition) is 18. The summed E-state index contributed by atoms with van der Waals surface area (Å²) in [7, 11) is 4.48. The number of piperidine rings is 1. The Labute approximate surface area is 583 Å². The van der Waals surface area contributed by atoms with E-state index in [0.29, 0.717) is 105 Å². The fourth-order valence-electron chi connectivity index (χ4n) is 12.7. The minimum atomic E-state index is -2.48. The number of carbonyl (C=O) groups is 9. The molecule has 1 aliphatic carbocycles. The first-order valence-electron chi connectivity index (χ1n) is 32.1. The SMILES string of the molecule is CO[C@H]1C[C@@H]2CC[C@@H](C)[C@@](O)(O2)C(=O)C(=O)N2CCCC[C@H]2C(=O)O[C@H]([C@H](C)C[C@@H]2CC[C@@H](OC(=O)CCCCCOC(=O)c3c(I)c(NC(C)=O)c(I)c(NC(C)=O)c3I)[C@H](OC)C2)CC(=O)[C@H](C)/C=C(\C)[C@@H](O)[C@@H](OC)C(=O)[C@H](C)C[C@H](C)/C=C/C=C/C=C/1C. The van der Waals surface area contributed by atoms with E-state index in [0.717, 1.165) is 5.57 Å². The highest BCUT2D eigenvalue weighted by Gasteiger charge is 2.53. The number of halogens is 3. The quantitative estimate of drug-likeness (QED) is 0.0299. The third-order valence-corrected chi connectivity index (χ3v) is 21.4. The predicted molar refractivity (Wildman–Crippen MR) is 371 cm³/mol. The van der Waals surface area contributed by atoms with Crippen LogP contribution in [0, 0.1) is 46.2 Å². The molecule has 21 nitrogen and oxygen atoms in total. The van der Waals surface area contributed by atoms with Gasteiger partial charge in [-0.05, 0) is 194 Å². The topological polar surface area (TPSA) is 286 Å². The molecule has 4 N–H and O–H groups in total. The first-order chi connectivity index (χ1) is 43.5. The van der Waals surface area contributed by atoms with E-state index in [-0.39, 0.29) is 79.6 Å². The number of hydrogen-bond donors (Lipinski definition) is 4. The van der Waals surface area contributed by atoms with Gasteiger partial charge in [0.2, 0.25) is 17.6 Å². The van der Waals surface area contributed by atoms with Gasteiger partial charge in [-0.1, -0.05) is 71.1 Å². The number of aliphatic hydroxyl groups excluding tert-OH is 1. The van der Waals surface area contributed by atoms with Gasteiger partial charge in [0, 0.05) is 78.7 Å². The molecule has 0 aromatic heterocycles. The van der Waals surface area contributed by atoms with Crippen molar-refractivity contribution >= 4 is 132 Å². The van der Waals surface area contributed by atoms with E-state index >= 15 is 0 Å². The number of amides is 3. The van der Waals surface area contributed by atoms with Gasteiger partial charge < -0.3 is 58.9 Å². The summed E-state index contributed by atoms with van der Waals surface area (Å²) in [5.74, 6) is -10.4. The van der Waals surface area contributed by atoms with Crippen LogP contribution in [0.5, 0.6) is 0 Å². The van der Waals surface area contributed by atoms with Crippen LogP contribution in [0.25, 0.3) is 0 Å². The summed E-state index contributed by atoms with van der Waals surface area (Å²) in [6.45, 7) is 15.3. The van der Waals surface area contributed by atoms with Crippen LogP contribution in [0.2, 0.25) is 0 Å². The number of esters is 3. The van der Waals surface area contributed by atoms with E-state index < -0.39 is 108 Å². The maximum absolute atomic E-state index is 14.7. The zero-order chi connectivity index (χ0) is 68.3. The fraction of sp³-hybridized carbons (Fsp3) is 0.662. The number of rotatable bonds is 16. The van der Waals surface area contributed by atoms with Gasteiger partial charge in [0.1, 0.15) is 36.2 Å². The number of carbonyl (C=O) groups excluding carboxylic acids is 9. The number of allylic oxidation sites excluding steroid dienone is 6. The highest BCUT2D eigenvalue weighted by molar-refractivity contribution is 14.1. The second-order valence-corrected chi connectivity index (χ2v) is 28.7. The number of ether oxygens (including phenoxy) is 7. The van der Waals surface area contributed by atoms with Crippen molar-refractivity contribution < 1.29 is 86.5 Å². The van der Waals surface area contributed by atoms with Gasteiger partial charge in [-0.25, -0.2) is 9.59 Å². The monoisotopic (exact) mass is 1620 g/mol. The van der Waals surface area contributed by atoms with Gasteiger partial charge in [0.05, 0.1) is 52.6 Å². The molecule has 3 amide bonds. The molecule has 512 valence electrons. The number of ketones is 3. The van der Waals surface area contributed by atoms with Crippen molar-refractivity contribution in [1.29, 1.82) is 0 Å². The van der Waals surface area contributed by atoms with Gasteiger partial charge in [0.25, 0.3) is 11.7 Å². The molecule has 3 aliphatic heterocycles. The predicted octanol–water partition coefficient (Wildman–Crippen LogP) is 10.9. The molecular formula is C68H96I3N3O18. The molecular weight excluding hydrogens is 1530 g/mol. The van der Waals surface area contributed by atoms with Crippen LogP contribution in [0.15, 0.2) is 47.6 Å². The highest BCUT2D eigenvalue weighted by atomic mass is 127. The van der Waals surface area contributed by atoms with Crippen molar-refractivity contribution in [2.75, 3.05) is 45.1 Å². The molecule has 2 saturated heterocycles. The van der Waals surface area contributed by atoms with E-state index in [9.17, 15) is 53.4 Å². The van der Waals surface area contributed by atoms with Crippen molar-refractivity contribution in [2.45, 2.75) is 220 Å². The Morgan fingerprint density at radius 1 is 0.783 bits per heavy atom. The molecule has 0 radical (unpaired) electrons.